The van der Waals surface area contributed by atoms with Crippen LogP contribution in [-0.4, -0.2) is 23.6 Å². The molecule has 1 atom stereocenters. The van der Waals surface area contributed by atoms with Gasteiger partial charge in [-0.3, -0.25) is 0 Å². The Morgan fingerprint density at radius 1 is 1.19 bits per heavy atom. The Labute approximate surface area is 159 Å². The van der Waals surface area contributed by atoms with Crippen LogP contribution in [0.3, 0.4) is 0 Å². The molecule has 5 rings (SSSR count). The molecule has 0 bridgehead atoms. The number of furan rings is 1. The highest BCUT2D eigenvalue weighted by Crippen LogP contribution is 2.54. The van der Waals surface area contributed by atoms with Crippen molar-refractivity contribution in [2.24, 2.45) is 11.0 Å². The average Bonchev–Trinajstić information content (AvgIpc) is 3.31. The minimum absolute atomic E-state index is 0.165. The maximum atomic E-state index is 6.70. The van der Waals surface area contributed by atoms with Crippen LogP contribution in [-0.2, 0) is 0 Å². The maximum Gasteiger partial charge on any atom is 0.198 e. The number of hydrogen-bond donors (Lipinski definition) is 0. The lowest BCUT2D eigenvalue weighted by Gasteiger charge is -2.50. The third kappa shape index (κ3) is 2.55. The van der Waals surface area contributed by atoms with Gasteiger partial charge in [0.25, 0.3) is 0 Å². The predicted octanol–water partition coefficient (Wildman–Crippen LogP) is 5.05. The van der Waals surface area contributed by atoms with Crippen molar-refractivity contribution in [2.45, 2.75) is 57.7 Å². The van der Waals surface area contributed by atoms with Gasteiger partial charge < -0.3 is 13.9 Å². The van der Waals surface area contributed by atoms with Crippen LogP contribution in [0.25, 0.3) is 0 Å². The first kappa shape index (κ1) is 16.7. The fraction of sp³-hybridized carbons (Fsp3) is 0.500. The van der Waals surface area contributed by atoms with Gasteiger partial charge >= 0.3 is 0 Å². The number of benzene rings is 1. The van der Waals surface area contributed by atoms with Crippen LogP contribution in [0, 0.1) is 12.8 Å². The van der Waals surface area contributed by atoms with Crippen molar-refractivity contribution < 1.29 is 13.9 Å². The van der Waals surface area contributed by atoms with E-state index in [0.717, 1.165) is 72.3 Å². The minimum atomic E-state index is -0.387. The van der Waals surface area contributed by atoms with Crippen molar-refractivity contribution in [1.29, 1.82) is 0 Å². The largest absolute Gasteiger partial charge is 0.493 e. The van der Waals surface area contributed by atoms with Crippen LogP contribution in [0.5, 0.6) is 11.5 Å². The van der Waals surface area contributed by atoms with Gasteiger partial charge in [-0.2, -0.15) is 5.10 Å². The zero-order valence-electron chi connectivity index (χ0n) is 16.2. The number of hydrogen-bond acceptors (Lipinski definition) is 5. The first-order valence-corrected chi connectivity index (χ1v) is 9.89. The number of rotatable bonds is 2. The standard InChI is InChI=1S/C22H26N2O3/c1-14-9-11-22(12-10-14)24-18(13-17(23-24)19-8-7-15(2)26-19)16-5-4-6-20(25-3)21(16)27-22/h4-8,14,18H,9-13H2,1-3H3/t14?,18-,22?/m0/s1. The van der Waals surface area contributed by atoms with Crippen molar-refractivity contribution >= 4 is 5.71 Å². The molecule has 2 aliphatic heterocycles. The van der Waals surface area contributed by atoms with Crippen LogP contribution in [0.15, 0.2) is 39.9 Å². The van der Waals surface area contributed by atoms with E-state index in [9.17, 15) is 0 Å². The molecule has 3 heterocycles. The van der Waals surface area contributed by atoms with Gasteiger partial charge in [0.1, 0.15) is 17.2 Å². The Balaban J connectivity index is 1.61. The average molecular weight is 366 g/mol. The van der Waals surface area contributed by atoms with Gasteiger partial charge in [0, 0.05) is 24.8 Å². The van der Waals surface area contributed by atoms with Crippen LogP contribution in [0.1, 0.15) is 62.2 Å². The molecule has 5 nitrogen and oxygen atoms in total. The molecule has 1 aliphatic carbocycles. The van der Waals surface area contributed by atoms with E-state index < -0.39 is 0 Å². The van der Waals surface area contributed by atoms with Crippen LogP contribution < -0.4 is 9.47 Å². The molecular weight excluding hydrogens is 340 g/mol. The minimum Gasteiger partial charge on any atom is -0.493 e. The zero-order chi connectivity index (χ0) is 18.6. The first-order valence-electron chi connectivity index (χ1n) is 9.89. The first-order chi connectivity index (χ1) is 13.1. The lowest BCUT2D eigenvalue weighted by atomic mass is 9.82. The molecule has 2 aromatic rings. The monoisotopic (exact) mass is 366 g/mol. The molecule has 0 unspecified atom stereocenters. The summed E-state index contributed by atoms with van der Waals surface area (Å²) in [6, 6.07) is 10.4. The van der Waals surface area contributed by atoms with Crippen molar-refractivity contribution in [3.63, 3.8) is 0 Å². The van der Waals surface area contributed by atoms with E-state index in [1.54, 1.807) is 7.11 Å². The second-order valence-corrected chi connectivity index (χ2v) is 8.13. The molecule has 3 aliphatic rings. The number of nitrogens with zero attached hydrogens (tertiary/aromatic N) is 2. The van der Waals surface area contributed by atoms with Gasteiger partial charge in [0.2, 0.25) is 0 Å². The Bertz CT molecular complexity index is 893. The molecule has 1 aromatic heterocycles. The number of aryl methyl sites for hydroxylation is 1. The van der Waals surface area contributed by atoms with Crippen LogP contribution in [0.2, 0.25) is 0 Å². The Hall–Kier alpha value is -2.43. The van der Waals surface area contributed by atoms with E-state index >= 15 is 0 Å². The van der Waals surface area contributed by atoms with E-state index in [4.69, 9.17) is 19.0 Å². The molecule has 5 heteroatoms. The van der Waals surface area contributed by atoms with Gasteiger partial charge in [-0.25, -0.2) is 5.01 Å². The fourth-order valence-electron chi connectivity index (χ4n) is 4.71. The van der Waals surface area contributed by atoms with Crippen molar-refractivity contribution in [2.75, 3.05) is 7.11 Å². The normalized spacial score (nSPS) is 29.1. The fourth-order valence-corrected chi connectivity index (χ4v) is 4.71. The predicted molar refractivity (Wildman–Crippen MR) is 103 cm³/mol. The lowest BCUT2D eigenvalue weighted by molar-refractivity contribution is -0.146. The molecule has 1 saturated carbocycles. The molecule has 0 N–H and O–H groups in total. The second kappa shape index (κ2) is 6.04. The highest BCUT2D eigenvalue weighted by molar-refractivity contribution is 5.99. The van der Waals surface area contributed by atoms with Gasteiger partial charge in [-0.1, -0.05) is 19.1 Å². The highest BCUT2D eigenvalue weighted by Gasteiger charge is 2.52. The summed E-state index contributed by atoms with van der Waals surface area (Å²) in [6.07, 6.45) is 5.09. The topological polar surface area (TPSA) is 47.2 Å². The van der Waals surface area contributed by atoms with Crippen molar-refractivity contribution in [1.82, 2.24) is 5.01 Å². The van der Waals surface area contributed by atoms with Crippen molar-refractivity contribution in [3.05, 3.63) is 47.4 Å². The molecule has 1 spiro atoms. The quantitative estimate of drug-likeness (QED) is 0.746. The Kier molecular flexibility index (Phi) is 3.74. The SMILES string of the molecule is COc1cccc2c1OC1(CCC(C)CC1)N1N=C(c3ccc(C)o3)C[C@@H]21. The molecular formula is C22H26N2O3. The molecule has 0 saturated heterocycles. The molecule has 0 radical (unpaired) electrons. The van der Waals surface area contributed by atoms with Crippen LogP contribution >= 0.6 is 0 Å². The van der Waals surface area contributed by atoms with Crippen LogP contribution in [0.4, 0.5) is 0 Å². The third-order valence-electron chi connectivity index (χ3n) is 6.29. The summed E-state index contributed by atoms with van der Waals surface area (Å²) in [7, 11) is 1.71. The van der Waals surface area contributed by atoms with Gasteiger partial charge in [-0.15, -0.1) is 0 Å². The summed E-state index contributed by atoms with van der Waals surface area (Å²) in [5.74, 6) is 4.22. The smallest absolute Gasteiger partial charge is 0.198 e. The number of para-hydroxylation sites is 1. The highest BCUT2D eigenvalue weighted by atomic mass is 16.5. The molecule has 142 valence electrons. The van der Waals surface area contributed by atoms with Crippen molar-refractivity contribution in [3.8, 4) is 11.5 Å². The second-order valence-electron chi connectivity index (χ2n) is 8.13. The Morgan fingerprint density at radius 2 is 2.00 bits per heavy atom. The number of methoxy groups -OCH3 is 1. The molecule has 27 heavy (non-hydrogen) atoms. The number of hydrazone groups is 1. The summed E-state index contributed by atoms with van der Waals surface area (Å²) in [5, 5.41) is 7.27. The molecule has 1 aromatic carbocycles. The van der Waals surface area contributed by atoms with Gasteiger partial charge in [0.15, 0.2) is 17.2 Å². The number of ether oxygens (including phenoxy) is 2. The zero-order valence-corrected chi connectivity index (χ0v) is 16.2. The van der Waals surface area contributed by atoms with Gasteiger partial charge in [0.05, 0.1) is 13.2 Å². The van der Waals surface area contributed by atoms with E-state index in [2.05, 4.69) is 18.0 Å². The summed E-state index contributed by atoms with van der Waals surface area (Å²) in [6.45, 7) is 4.30. The summed E-state index contributed by atoms with van der Waals surface area (Å²) in [4.78, 5) is 0. The maximum absolute atomic E-state index is 6.70. The molecule has 1 fully saturated rings. The van der Waals surface area contributed by atoms with E-state index in [0.29, 0.717) is 0 Å². The van der Waals surface area contributed by atoms with Gasteiger partial charge in [-0.05, 0) is 43.9 Å². The lowest BCUT2D eigenvalue weighted by Crippen LogP contribution is -2.55. The summed E-state index contributed by atoms with van der Waals surface area (Å²) in [5.41, 5.74) is 1.77. The number of fused-ring (bicyclic) bond motifs is 4. The molecule has 0 amide bonds. The van der Waals surface area contributed by atoms with E-state index in [1.807, 2.05) is 31.2 Å². The van der Waals surface area contributed by atoms with E-state index in [1.165, 1.54) is 0 Å². The summed E-state index contributed by atoms with van der Waals surface area (Å²) < 4.78 is 18.2. The van der Waals surface area contributed by atoms with E-state index in [-0.39, 0.29) is 11.8 Å². The summed E-state index contributed by atoms with van der Waals surface area (Å²) >= 11 is 0. The third-order valence-corrected chi connectivity index (χ3v) is 6.29. The Morgan fingerprint density at radius 3 is 2.70 bits per heavy atom.